The molecule has 0 saturated carbocycles. The van der Waals surface area contributed by atoms with Gasteiger partial charge in [-0.3, -0.25) is 24.1 Å². The summed E-state index contributed by atoms with van der Waals surface area (Å²) < 4.78 is 5.62. The van der Waals surface area contributed by atoms with Crippen molar-refractivity contribution >= 4 is 29.3 Å². The molecule has 0 fully saturated rings. The van der Waals surface area contributed by atoms with Crippen molar-refractivity contribution in [3.8, 4) is 16.9 Å². The molecule has 0 bridgehead atoms. The van der Waals surface area contributed by atoms with Crippen LogP contribution in [0.15, 0.2) is 61.0 Å². The topological polar surface area (TPSA) is 99.3 Å². The van der Waals surface area contributed by atoms with Gasteiger partial charge in [0.2, 0.25) is 0 Å². The molecule has 0 aromatic heterocycles. The van der Waals surface area contributed by atoms with Gasteiger partial charge in [0.15, 0.2) is 6.61 Å². The van der Waals surface area contributed by atoms with E-state index in [1.165, 1.54) is 4.90 Å². The average Bonchev–Trinajstić information content (AvgIpc) is 3.24. The molecule has 0 unspecified atom stereocenters. The van der Waals surface area contributed by atoms with Gasteiger partial charge in [0.05, 0.1) is 17.9 Å². The molecule has 1 N–H and O–H groups in total. The van der Waals surface area contributed by atoms with Gasteiger partial charge in [-0.15, -0.1) is 0 Å². The van der Waals surface area contributed by atoms with E-state index >= 15 is 0 Å². The van der Waals surface area contributed by atoms with Gasteiger partial charge in [-0.1, -0.05) is 38.3 Å². The first kappa shape index (κ1) is 25.7. The third-order valence-corrected chi connectivity index (χ3v) is 6.60. The monoisotopic (exact) mass is 502 g/mol. The molecule has 2 aliphatic rings. The van der Waals surface area contributed by atoms with Crippen LogP contribution in [0.1, 0.15) is 36.2 Å². The fourth-order valence-electron chi connectivity index (χ4n) is 4.52. The van der Waals surface area contributed by atoms with Gasteiger partial charge in [0.25, 0.3) is 23.6 Å². The van der Waals surface area contributed by atoms with E-state index in [9.17, 15) is 19.2 Å². The van der Waals surface area contributed by atoms with Gasteiger partial charge in [0, 0.05) is 25.7 Å². The van der Waals surface area contributed by atoms with Crippen molar-refractivity contribution in [2.45, 2.75) is 26.8 Å². The number of anilines is 1. The number of carbonyl (C=O) groups is 4. The largest absolute Gasteiger partial charge is 0.482 e. The van der Waals surface area contributed by atoms with Gasteiger partial charge in [-0.2, -0.15) is 0 Å². The highest BCUT2D eigenvalue weighted by Crippen LogP contribution is 2.39. The Bertz CT molecular complexity index is 1330. The number of hydrogen-bond acceptors (Lipinski definition) is 5. The summed E-state index contributed by atoms with van der Waals surface area (Å²) in [5.41, 5.74) is 3.37. The number of carbonyl (C=O) groups excluding carboxylic acids is 4. The quantitative estimate of drug-likeness (QED) is 0.560. The summed E-state index contributed by atoms with van der Waals surface area (Å²) in [6, 6.07) is 10.9. The highest BCUT2D eigenvalue weighted by molar-refractivity contribution is 6.08. The Hall–Kier alpha value is -4.40. The van der Waals surface area contributed by atoms with Crippen LogP contribution in [0, 0.1) is 0 Å². The van der Waals surface area contributed by atoms with E-state index in [1.807, 2.05) is 38.1 Å². The van der Waals surface area contributed by atoms with E-state index in [2.05, 4.69) is 18.5 Å². The van der Waals surface area contributed by atoms with E-state index in [0.717, 1.165) is 23.1 Å². The molecular formula is C28H30N4O5. The molecule has 0 radical (unpaired) electrons. The Morgan fingerprint density at radius 2 is 1.84 bits per heavy atom. The van der Waals surface area contributed by atoms with E-state index in [4.69, 9.17) is 4.74 Å². The number of nitrogens with one attached hydrogen (secondary N) is 1. The van der Waals surface area contributed by atoms with Crippen LogP contribution in [-0.2, 0) is 20.9 Å². The van der Waals surface area contributed by atoms with Crippen molar-refractivity contribution in [2.24, 2.45) is 0 Å². The summed E-state index contributed by atoms with van der Waals surface area (Å²) in [6.07, 6.45) is 0.779. The second-order valence-electron chi connectivity index (χ2n) is 8.91. The minimum Gasteiger partial charge on any atom is -0.482 e. The fraction of sp³-hybridized carbons (Fsp3) is 0.286. The summed E-state index contributed by atoms with van der Waals surface area (Å²) in [6.45, 7) is 12.5. The number of hydrogen-bond donors (Lipinski definition) is 1. The molecule has 2 aromatic carbocycles. The van der Waals surface area contributed by atoms with Crippen molar-refractivity contribution in [2.75, 3.05) is 31.6 Å². The minimum atomic E-state index is -0.663. The van der Waals surface area contributed by atoms with Crippen molar-refractivity contribution in [3.05, 3.63) is 72.1 Å². The third kappa shape index (κ3) is 4.72. The minimum absolute atomic E-state index is 0.0384. The molecule has 4 amide bonds. The zero-order valence-electron chi connectivity index (χ0n) is 21.3. The first-order valence-corrected chi connectivity index (χ1v) is 12.1. The molecule has 2 aromatic rings. The smallest absolute Gasteiger partial charge is 0.271 e. The van der Waals surface area contributed by atoms with Crippen LogP contribution in [0.4, 0.5) is 5.69 Å². The zero-order valence-corrected chi connectivity index (χ0v) is 21.3. The maximum absolute atomic E-state index is 13.2. The number of ether oxygens (including phenoxy) is 1. The van der Waals surface area contributed by atoms with Crippen molar-refractivity contribution < 1.29 is 23.9 Å². The predicted octanol–water partition coefficient (Wildman–Crippen LogP) is 3.07. The Kier molecular flexibility index (Phi) is 7.15. The average molecular weight is 503 g/mol. The van der Waals surface area contributed by atoms with Gasteiger partial charge >= 0.3 is 0 Å². The van der Waals surface area contributed by atoms with Crippen LogP contribution in [0.2, 0.25) is 0 Å². The molecule has 0 aliphatic carbocycles. The number of amides is 4. The van der Waals surface area contributed by atoms with Gasteiger partial charge < -0.3 is 19.9 Å². The molecule has 0 spiro atoms. The van der Waals surface area contributed by atoms with Gasteiger partial charge in [0.1, 0.15) is 11.4 Å². The van der Waals surface area contributed by atoms with Crippen LogP contribution in [0.25, 0.3) is 11.1 Å². The number of rotatable bonds is 8. The van der Waals surface area contributed by atoms with E-state index in [1.54, 1.807) is 29.0 Å². The second kappa shape index (κ2) is 10.3. The lowest BCUT2D eigenvalue weighted by atomic mass is 9.96. The lowest BCUT2D eigenvalue weighted by molar-refractivity contribution is -0.129. The third-order valence-electron chi connectivity index (χ3n) is 6.60. The normalized spacial score (nSPS) is 14.0. The van der Waals surface area contributed by atoms with Crippen molar-refractivity contribution in [1.29, 1.82) is 0 Å². The number of fused-ring (bicyclic) bond motifs is 2. The van der Waals surface area contributed by atoms with Crippen LogP contribution in [0.3, 0.4) is 0 Å². The highest BCUT2D eigenvalue weighted by atomic mass is 16.5. The maximum atomic E-state index is 13.2. The molecule has 192 valence electrons. The van der Waals surface area contributed by atoms with Crippen LogP contribution in [-0.4, -0.2) is 60.2 Å². The van der Waals surface area contributed by atoms with Gasteiger partial charge in [-0.25, -0.2) is 0 Å². The van der Waals surface area contributed by atoms with E-state index in [0.29, 0.717) is 30.1 Å². The van der Waals surface area contributed by atoms with E-state index in [-0.39, 0.29) is 42.3 Å². The predicted molar refractivity (Wildman–Crippen MR) is 140 cm³/mol. The molecule has 37 heavy (non-hydrogen) atoms. The van der Waals surface area contributed by atoms with Gasteiger partial charge in [-0.05, 0) is 48.2 Å². The summed E-state index contributed by atoms with van der Waals surface area (Å²) in [4.78, 5) is 55.1. The van der Waals surface area contributed by atoms with Crippen molar-refractivity contribution in [1.82, 2.24) is 15.1 Å². The summed E-state index contributed by atoms with van der Waals surface area (Å²) >= 11 is 0. The first-order valence-electron chi connectivity index (χ1n) is 12.1. The number of benzene rings is 2. The second-order valence-corrected chi connectivity index (χ2v) is 8.91. The standard InChI is InChI=1S/C28H30N4O5/c1-6-13-31(7-2)27(35)17(3)29-26(34)18(4)32-15-22-20(9-8-10-21(22)28(32)36)19-11-12-23-24(14-19)37-16-25(33)30(23)5/h8-12,14H,3-4,6-7,13,15-16H2,1-2,5H3,(H,29,34). The molecule has 9 nitrogen and oxygen atoms in total. The fourth-order valence-corrected chi connectivity index (χ4v) is 4.52. The molecule has 2 aliphatic heterocycles. The maximum Gasteiger partial charge on any atom is 0.271 e. The Morgan fingerprint density at radius 3 is 2.54 bits per heavy atom. The van der Waals surface area contributed by atoms with Crippen molar-refractivity contribution in [3.63, 3.8) is 0 Å². The summed E-state index contributed by atoms with van der Waals surface area (Å²) in [5, 5.41) is 2.50. The molecular weight excluding hydrogens is 472 g/mol. The molecule has 2 heterocycles. The Morgan fingerprint density at radius 1 is 1.11 bits per heavy atom. The SMILES string of the molecule is C=C(NC(=O)C(=C)N1Cc2c(cccc2-c2ccc3c(c2)OCC(=O)N3C)C1=O)C(=O)N(CC)CCC. The lowest BCUT2D eigenvalue weighted by Crippen LogP contribution is -2.40. The summed E-state index contributed by atoms with van der Waals surface area (Å²) in [5.74, 6) is -0.936. The molecule has 0 saturated heterocycles. The molecule has 4 rings (SSSR count). The van der Waals surface area contributed by atoms with Crippen LogP contribution >= 0.6 is 0 Å². The lowest BCUT2D eigenvalue weighted by Gasteiger charge is -2.26. The Balaban J connectivity index is 1.54. The highest BCUT2D eigenvalue weighted by Gasteiger charge is 2.34. The zero-order chi connectivity index (χ0) is 26.9. The first-order chi connectivity index (χ1) is 17.7. The molecule has 0 atom stereocenters. The van der Waals surface area contributed by atoms with E-state index < -0.39 is 5.91 Å². The number of nitrogens with zero attached hydrogens (tertiary/aromatic N) is 3. The van der Waals surface area contributed by atoms with Crippen LogP contribution in [0.5, 0.6) is 5.75 Å². The number of likely N-dealkylation sites (N-methyl/N-ethyl adjacent to an activating group) is 2. The summed E-state index contributed by atoms with van der Waals surface area (Å²) in [7, 11) is 1.70. The molecule has 9 heteroatoms. The Labute approximate surface area is 216 Å². The van der Waals surface area contributed by atoms with Crippen LogP contribution < -0.4 is 15.0 Å².